The molecule has 0 radical (unpaired) electrons. The maximum absolute atomic E-state index is 10.0. The van der Waals surface area contributed by atoms with Crippen molar-refractivity contribution in [3.05, 3.63) is 34.7 Å². The first-order valence-corrected chi connectivity index (χ1v) is 3.23. The molecule has 3 nitrogen and oxygen atoms in total. The number of nitrogens with zero attached hydrogens (tertiary/aromatic N) is 1. The van der Waals surface area contributed by atoms with Crippen LogP contribution >= 0.6 is 0 Å². The van der Waals surface area contributed by atoms with Crippen molar-refractivity contribution in [2.75, 3.05) is 0 Å². The minimum absolute atomic E-state index is 0.388. The van der Waals surface area contributed by atoms with E-state index in [0.29, 0.717) is 12.1 Å². The molecule has 0 heterocycles. The third kappa shape index (κ3) is 1.97. The lowest BCUT2D eigenvalue weighted by Gasteiger charge is -1.92. The van der Waals surface area contributed by atoms with Crippen molar-refractivity contribution >= 4 is 12.0 Å². The predicted octanol–water partition coefficient (Wildman–Crippen LogP) is 1.83. The number of benzene rings is 1. The third-order valence-electron chi connectivity index (χ3n) is 1.36. The summed E-state index contributed by atoms with van der Waals surface area (Å²) in [5.74, 6) is 0. The maximum atomic E-state index is 10.0. The Kier molecular flexibility index (Phi) is 2.49. The molecule has 1 rings (SSSR count). The molecule has 56 valence electrons. The molecule has 0 amide bonds. The topological polar surface area (TPSA) is 46.5 Å². The number of hydrogen-bond donors (Lipinski definition) is 0. The molecule has 0 aliphatic rings. The summed E-state index contributed by atoms with van der Waals surface area (Å²) in [6.45, 7) is 0. The maximum Gasteiger partial charge on any atom is 0.124 e. The van der Waals surface area contributed by atoms with Crippen LogP contribution < -0.4 is 0 Å². The van der Waals surface area contributed by atoms with Gasteiger partial charge in [0.15, 0.2) is 0 Å². The predicted molar refractivity (Wildman–Crippen MR) is 41.7 cm³/mol. The molecule has 0 unspecified atom stereocenters. The van der Waals surface area contributed by atoms with Crippen molar-refractivity contribution in [2.24, 2.45) is 5.18 Å². The van der Waals surface area contributed by atoms with E-state index in [9.17, 15) is 9.70 Å². The van der Waals surface area contributed by atoms with Gasteiger partial charge in [-0.1, -0.05) is 12.1 Å². The van der Waals surface area contributed by atoms with E-state index in [-0.39, 0.29) is 0 Å². The molecule has 11 heavy (non-hydrogen) atoms. The summed E-state index contributed by atoms with van der Waals surface area (Å²) >= 11 is 0. The van der Waals surface area contributed by atoms with Gasteiger partial charge < -0.3 is 4.79 Å². The number of carbonyl (C=O) groups excluding carboxylic acids is 1. The van der Waals surface area contributed by atoms with Crippen molar-refractivity contribution < 1.29 is 4.79 Å². The average molecular weight is 149 g/mol. The quantitative estimate of drug-likeness (QED) is 0.486. The van der Waals surface area contributed by atoms with Crippen molar-refractivity contribution in [2.45, 2.75) is 6.42 Å². The zero-order chi connectivity index (χ0) is 8.10. The van der Waals surface area contributed by atoms with Gasteiger partial charge in [0, 0.05) is 6.42 Å². The molecular formula is C8H7NO2. The Morgan fingerprint density at radius 1 is 1.27 bits per heavy atom. The number of nitroso groups, excluding NO2 is 1. The van der Waals surface area contributed by atoms with Crippen molar-refractivity contribution in [1.82, 2.24) is 0 Å². The molecule has 0 aromatic heterocycles. The summed E-state index contributed by atoms with van der Waals surface area (Å²) < 4.78 is 0. The zero-order valence-electron chi connectivity index (χ0n) is 5.86. The monoisotopic (exact) mass is 149 g/mol. The highest BCUT2D eigenvalue weighted by Crippen LogP contribution is 2.11. The van der Waals surface area contributed by atoms with Gasteiger partial charge in [0.25, 0.3) is 0 Å². The summed E-state index contributed by atoms with van der Waals surface area (Å²) in [7, 11) is 0. The van der Waals surface area contributed by atoms with Crippen LogP contribution in [0, 0.1) is 4.91 Å². The van der Waals surface area contributed by atoms with E-state index < -0.39 is 0 Å². The van der Waals surface area contributed by atoms with Gasteiger partial charge in [-0.2, -0.15) is 0 Å². The first kappa shape index (κ1) is 7.60. The van der Waals surface area contributed by atoms with Gasteiger partial charge in [0.1, 0.15) is 12.0 Å². The molecule has 0 fully saturated rings. The van der Waals surface area contributed by atoms with Crippen molar-refractivity contribution in [1.29, 1.82) is 0 Å². The largest absolute Gasteiger partial charge is 0.303 e. The molecule has 1 aromatic carbocycles. The highest BCUT2D eigenvalue weighted by molar-refractivity contribution is 5.55. The molecule has 0 saturated carbocycles. The van der Waals surface area contributed by atoms with E-state index in [4.69, 9.17) is 0 Å². The van der Waals surface area contributed by atoms with E-state index in [2.05, 4.69) is 5.18 Å². The molecule has 0 bridgehead atoms. The van der Waals surface area contributed by atoms with Gasteiger partial charge in [-0.15, -0.1) is 4.91 Å². The summed E-state index contributed by atoms with van der Waals surface area (Å²) in [5, 5.41) is 2.73. The van der Waals surface area contributed by atoms with Gasteiger partial charge in [-0.25, -0.2) is 0 Å². The number of aldehydes is 1. The normalized spacial score (nSPS) is 9.09. The van der Waals surface area contributed by atoms with E-state index in [1.54, 1.807) is 24.3 Å². The molecular weight excluding hydrogens is 142 g/mol. The Bertz CT molecular complexity index is 253. The van der Waals surface area contributed by atoms with Crippen LogP contribution in [0.5, 0.6) is 0 Å². The van der Waals surface area contributed by atoms with E-state index >= 15 is 0 Å². The number of carbonyl (C=O) groups is 1. The van der Waals surface area contributed by atoms with Gasteiger partial charge in [-0.05, 0) is 22.9 Å². The first-order chi connectivity index (χ1) is 5.36. The smallest absolute Gasteiger partial charge is 0.124 e. The van der Waals surface area contributed by atoms with Crippen LogP contribution in [0.2, 0.25) is 0 Å². The molecule has 1 aromatic rings. The Hall–Kier alpha value is -1.51. The van der Waals surface area contributed by atoms with Crippen molar-refractivity contribution in [3.8, 4) is 0 Å². The minimum atomic E-state index is 0.388. The second-order valence-electron chi connectivity index (χ2n) is 2.13. The molecule has 0 aliphatic heterocycles. The Balaban J connectivity index is 2.81. The molecule has 0 spiro atoms. The van der Waals surface area contributed by atoms with Crippen molar-refractivity contribution in [3.63, 3.8) is 0 Å². The lowest BCUT2D eigenvalue weighted by Crippen LogP contribution is -1.82. The molecule has 0 aliphatic carbocycles. The number of rotatable bonds is 3. The standard InChI is InChI=1S/C8H7NO2/c10-6-5-7-1-3-8(9-11)4-2-7/h1-4,6H,5H2. The third-order valence-corrected chi connectivity index (χ3v) is 1.36. The fourth-order valence-electron chi connectivity index (χ4n) is 0.789. The highest BCUT2D eigenvalue weighted by Gasteiger charge is 1.91. The van der Waals surface area contributed by atoms with Crippen LogP contribution in [-0.4, -0.2) is 6.29 Å². The SMILES string of the molecule is O=CCc1ccc(N=O)cc1. The summed E-state index contributed by atoms with van der Waals surface area (Å²) in [5.41, 5.74) is 1.28. The lowest BCUT2D eigenvalue weighted by atomic mass is 10.1. The van der Waals surface area contributed by atoms with Gasteiger partial charge in [0.05, 0.1) is 0 Å². The van der Waals surface area contributed by atoms with E-state index in [1.807, 2.05) is 0 Å². The fourth-order valence-corrected chi connectivity index (χ4v) is 0.789. The van der Waals surface area contributed by atoms with E-state index in [0.717, 1.165) is 11.8 Å². The van der Waals surface area contributed by atoms with Crippen LogP contribution in [0.3, 0.4) is 0 Å². The van der Waals surface area contributed by atoms with Crippen LogP contribution in [0.1, 0.15) is 5.56 Å². The molecule has 0 atom stereocenters. The van der Waals surface area contributed by atoms with Crippen LogP contribution in [0.4, 0.5) is 5.69 Å². The Morgan fingerprint density at radius 2 is 1.91 bits per heavy atom. The van der Waals surface area contributed by atoms with Gasteiger partial charge in [0.2, 0.25) is 0 Å². The van der Waals surface area contributed by atoms with Gasteiger partial charge in [-0.3, -0.25) is 0 Å². The van der Waals surface area contributed by atoms with Crippen LogP contribution in [0.15, 0.2) is 29.4 Å². The van der Waals surface area contributed by atoms with Crippen LogP contribution in [-0.2, 0) is 11.2 Å². The zero-order valence-corrected chi connectivity index (χ0v) is 5.86. The molecule has 0 N–H and O–H groups in total. The lowest BCUT2D eigenvalue weighted by molar-refractivity contribution is -0.107. The molecule has 3 heteroatoms. The fraction of sp³-hybridized carbons (Fsp3) is 0.125. The Morgan fingerprint density at radius 3 is 2.36 bits per heavy atom. The number of hydrogen-bond acceptors (Lipinski definition) is 3. The summed E-state index contributed by atoms with van der Waals surface area (Å²) in [6.07, 6.45) is 1.21. The second kappa shape index (κ2) is 3.61. The Labute approximate surface area is 64.0 Å². The second-order valence-corrected chi connectivity index (χ2v) is 2.13. The van der Waals surface area contributed by atoms with Crippen LogP contribution in [0.25, 0.3) is 0 Å². The average Bonchev–Trinajstić information content (AvgIpc) is 2.07. The molecule has 0 saturated heterocycles. The highest BCUT2D eigenvalue weighted by atomic mass is 16.3. The minimum Gasteiger partial charge on any atom is -0.303 e. The first-order valence-electron chi connectivity index (χ1n) is 3.23. The van der Waals surface area contributed by atoms with Gasteiger partial charge >= 0.3 is 0 Å². The van der Waals surface area contributed by atoms with E-state index in [1.165, 1.54) is 0 Å². The summed E-state index contributed by atoms with van der Waals surface area (Å²) in [6, 6.07) is 6.61. The summed E-state index contributed by atoms with van der Waals surface area (Å²) in [4.78, 5) is 20.0.